The monoisotopic (exact) mass is 305 g/mol. The Morgan fingerprint density at radius 1 is 0.947 bits per heavy atom. The summed E-state index contributed by atoms with van der Waals surface area (Å²) in [5, 5.41) is -0.171. The third-order valence-electron chi connectivity index (χ3n) is 2.60. The number of halogens is 5. The largest absolute Gasteiger partial charge is 0.416 e. The number of anilines is 1. The summed E-state index contributed by atoms with van der Waals surface area (Å²) in [6.07, 6.45) is -4.49. The van der Waals surface area contributed by atoms with Crippen molar-refractivity contribution in [2.75, 3.05) is 5.73 Å². The zero-order chi connectivity index (χ0) is 14.2. The maximum atomic E-state index is 12.6. The molecule has 0 aromatic heterocycles. The number of benzene rings is 2. The molecule has 0 aliphatic carbocycles. The maximum absolute atomic E-state index is 12.6. The number of rotatable bonds is 1. The standard InChI is InChI=1S/C13H8Cl2F3N/c14-9-5-7(13(16,17)18)6-10(15)12(9)8-3-1-2-4-11(8)19/h1-6H,19H2. The fourth-order valence-electron chi connectivity index (χ4n) is 1.72. The molecule has 2 N–H and O–H groups in total. The van der Waals surface area contributed by atoms with Crippen LogP contribution in [0.3, 0.4) is 0 Å². The minimum absolute atomic E-state index is 0.0854. The van der Waals surface area contributed by atoms with Gasteiger partial charge in [0.15, 0.2) is 0 Å². The molecule has 0 bridgehead atoms. The highest BCUT2D eigenvalue weighted by Crippen LogP contribution is 2.41. The summed E-state index contributed by atoms with van der Waals surface area (Å²) in [6, 6.07) is 8.38. The van der Waals surface area contributed by atoms with Gasteiger partial charge in [0.05, 0.1) is 15.6 Å². The molecule has 0 amide bonds. The Hall–Kier alpha value is -1.39. The van der Waals surface area contributed by atoms with E-state index < -0.39 is 11.7 Å². The number of nitrogens with two attached hydrogens (primary N) is 1. The normalized spacial score (nSPS) is 11.6. The Balaban J connectivity index is 2.65. The summed E-state index contributed by atoms with van der Waals surface area (Å²) in [6.45, 7) is 0. The molecule has 2 aromatic rings. The van der Waals surface area contributed by atoms with Crippen LogP contribution in [0.1, 0.15) is 5.56 Å². The van der Waals surface area contributed by atoms with E-state index in [4.69, 9.17) is 28.9 Å². The Kier molecular flexibility index (Phi) is 3.65. The summed E-state index contributed by atoms with van der Waals surface area (Å²) in [7, 11) is 0. The van der Waals surface area contributed by atoms with Crippen LogP contribution in [0.5, 0.6) is 0 Å². The summed E-state index contributed by atoms with van der Waals surface area (Å²) < 4.78 is 37.9. The van der Waals surface area contributed by atoms with Gasteiger partial charge in [0.25, 0.3) is 0 Å². The highest BCUT2D eigenvalue weighted by Gasteiger charge is 2.32. The van der Waals surface area contributed by atoms with Gasteiger partial charge < -0.3 is 5.73 Å². The van der Waals surface area contributed by atoms with E-state index in [0.29, 0.717) is 16.8 Å². The fraction of sp³-hybridized carbons (Fsp3) is 0.0769. The summed E-state index contributed by atoms with van der Waals surface area (Å²) >= 11 is 11.8. The van der Waals surface area contributed by atoms with Gasteiger partial charge in [0.1, 0.15) is 0 Å². The molecule has 0 saturated carbocycles. The van der Waals surface area contributed by atoms with Gasteiger partial charge in [0.2, 0.25) is 0 Å². The number of para-hydroxylation sites is 1. The molecule has 6 heteroatoms. The smallest absolute Gasteiger partial charge is 0.398 e. The lowest BCUT2D eigenvalue weighted by molar-refractivity contribution is -0.137. The van der Waals surface area contributed by atoms with Crippen LogP contribution in [0.4, 0.5) is 18.9 Å². The summed E-state index contributed by atoms with van der Waals surface area (Å²) in [4.78, 5) is 0. The lowest BCUT2D eigenvalue weighted by atomic mass is 10.0. The number of hydrogen-bond donors (Lipinski definition) is 1. The minimum atomic E-state index is -4.49. The molecule has 0 heterocycles. The maximum Gasteiger partial charge on any atom is 0.416 e. The van der Waals surface area contributed by atoms with Crippen molar-refractivity contribution in [1.82, 2.24) is 0 Å². The molecule has 0 aliphatic heterocycles. The van der Waals surface area contributed by atoms with Crippen molar-refractivity contribution >= 4 is 28.9 Å². The van der Waals surface area contributed by atoms with E-state index in [-0.39, 0.29) is 10.0 Å². The van der Waals surface area contributed by atoms with Crippen LogP contribution in [0.15, 0.2) is 36.4 Å². The van der Waals surface area contributed by atoms with Crippen LogP contribution in [0.2, 0.25) is 10.0 Å². The van der Waals surface area contributed by atoms with E-state index in [1.54, 1.807) is 24.3 Å². The van der Waals surface area contributed by atoms with Crippen molar-refractivity contribution in [3.63, 3.8) is 0 Å². The van der Waals surface area contributed by atoms with Crippen LogP contribution in [-0.4, -0.2) is 0 Å². The van der Waals surface area contributed by atoms with E-state index in [1.807, 2.05) is 0 Å². The van der Waals surface area contributed by atoms with Crippen LogP contribution < -0.4 is 5.73 Å². The second-order valence-corrected chi connectivity index (χ2v) is 4.71. The molecule has 0 atom stereocenters. The van der Waals surface area contributed by atoms with E-state index in [1.165, 1.54) is 0 Å². The molecule has 1 nitrogen and oxygen atoms in total. The lowest BCUT2D eigenvalue weighted by Gasteiger charge is -2.13. The zero-order valence-electron chi connectivity index (χ0n) is 9.43. The molecule has 2 rings (SSSR count). The van der Waals surface area contributed by atoms with Crippen LogP contribution in [0.25, 0.3) is 11.1 Å². The molecule has 100 valence electrons. The number of alkyl halides is 3. The van der Waals surface area contributed by atoms with Gasteiger partial charge in [-0.25, -0.2) is 0 Å². The van der Waals surface area contributed by atoms with Crippen molar-refractivity contribution in [3.05, 3.63) is 52.0 Å². The second-order valence-electron chi connectivity index (χ2n) is 3.90. The van der Waals surface area contributed by atoms with Gasteiger partial charge in [-0.2, -0.15) is 13.2 Å². The van der Waals surface area contributed by atoms with Crippen molar-refractivity contribution in [2.45, 2.75) is 6.18 Å². The Labute approximate surface area is 117 Å². The molecule has 0 spiro atoms. The first-order valence-corrected chi connectivity index (χ1v) is 5.97. The van der Waals surface area contributed by atoms with Crippen molar-refractivity contribution in [2.24, 2.45) is 0 Å². The fourth-order valence-corrected chi connectivity index (χ4v) is 2.41. The zero-order valence-corrected chi connectivity index (χ0v) is 10.9. The first kappa shape index (κ1) is 14.0. The van der Waals surface area contributed by atoms with E-state index in [9.17, 15) is 13.2 Å². The molecule has 0 radical (unpaired) electrons. The van der Waals surface area contributed by atoms with Gasteiger partial charge in [-0.3, -0.25) is 0 Å². The van der Waals surface area contributed by atoms with Crippen LogP contribution in [0, 0.1) is 0 Å². The predicted molar refractivity (Wildman–Crippen MR) is 71.3 cm³/mol. The Morgan fingerprint density at radius 3 is 1.95 bits per heavy atom. The average Bonchev–Trinajstić information content (AvgIpc) is 2.29. The highest BCUT2D eigenvalue weighted by molar-refractivity contribution is 6.39. The third-order valence-corrected chi connectivity index (χ3v) is 3.20. The molecule has 19 heavy (non-hydrogen) atoms. The molecular formula is C13H8Cl2F3N. The minimum Gasteiger partial charge on any atom is -0.398 e. The van der Waals surface area contributed by atoms with Gasteiger partial charge in [-0.05, 0) is 18.2 Å². The number of hydrogen-bond acceptors (Lipinski definition) is 1. The Bertz CT molecular complexity index is 601. The van der Waals surface area contributed by atoms with Gasteiger partial charge in [0, 0.05) is 16.8 Å². The quantitative estimate of drug-likeness (QED) is 0.714. The van der Waals surface area contributed by atoms with E-state index in [2.05, 4.69) is 0 Å². The van der Waals surface area contributed by atoms with Crippen molar-refractivity contribution in [1.29, 1.82) is 0 Å². The molecule has 0 unspecified atom stereocenters. The summed E-state index contributed by atoms with van der Waals surface area (Å²) in [5.74, 6) is 0. The molecule has 0 fully saturated rings. The third kappa shape index (κ3) is 2.80. The second kappa shape index (κ2) is 4.94. The van der Waals surface area contributed by atoms with Crippen LogP contribution >= 0.6 is 23.2 Å². The molecule has 0 saturated heterocycles. The lowest BCUT2D eigenvalue weighted by Crippen LogP contribution is -2.05. The average molecular weight is 306 g/mol. The number of nitrogen functional groups attached to an aromatic ring is 1. The molecular weight excluding hydrogens is 298 g/mol. The van der Waals surface area contributed by atoms with Gasteiger partial charge in [-0.15, -0.1) is 0 Å². The van der Waals surface area contributed by atoms with Gasteiger partial charge in [-0.1, -0.05) is 41.4 Å². The SMILES string of the molecule is Nc1ccccc1-c1c(Cl)cc(C(F)(F)F)cc1Cl. The van der Waals surface area contributed by atoms with Crippen LogP contribution in [-0.2, 0) is 6.18 Å². The Morgan fingerprint density at radius 2 is 1.47 bits per heavy atom. The molecule has 2 aromatic carbocycles. The first-order valence-electron chi connectivity index (χ1n) is 5.22. The predicted octanol–water partition coefficient (Wildman–Crippen LogP) is 5.26. The first-order chi connectivity index (χ1) is 8.80. The van der Waals surface area contributed by atoms with Gasteiger partial charge >= 0.3 is 6.18 Å². The van der Waals surface area contributed by atoms with E-state index >= 15 is 0 Å². The summed E-state index contributed by atoms with van der Waals surface area (Å²) in [5.41, 5.74) is 6.09. The van der Waals surface area contributed by atoms with Crippen molar-refractivity contribution < 1.29 is 13.2 Å². The molecule has 0 aliphatic rings. The highest BCUT2D eigenvalue weighted by atomic mass is 35.5. The van der Waals surface area contributed by atoms with Crippen molar-refractivity contribution in [3.8, 4) is 11.1 Å². The van der Waals surface area contributed by atoms with E-state index in [0.717, 1.165) is 12.1 Å². The topological polar surface area (TPSA) is 26.0 Å².